The molecule has 0 amide bonds. The van der Waals surface area contributed by atoms with Gasteiger partial charge < -0.3 is 16.4 Å². The van der Waals surface area contributed by atoms with Crippen LogP contribution < -0.4 is 16.4 Å². The summed E-state index contributed by atoms with van der Waals surface area (Å²) in [7, 11) is 0. The maximum atomic E-state index is 13.2. The molecule has 1 fully saturated rings. The van der Waals surface area contributed by atoms with Crippen LogP contribution in [0, 0.1) is 11.7 Å². The van der Waals surface area contributed by atoms with Crippen molar-refractivity contribution in [2.24, 2.45) is 11.7 Å². The fourth-order valence-electron chi connectivity index (χ4n) is 2.81. The van der Waals surface area contributed by atoms with Crippen LogP contribution in [0.5, 0.6) is 0 Å². The fraction of sp³-hybridized carbons (Fsp3) is 0.500. The summed E-state index contributed by atoms with van der Waals surface area (Å²) in [6.07, 6.45) is 1.05. The highest BCUT2D eigenvalue weighted by molar-refractivity contribution is 5.56. The number of nitrogens with two attached hydrogens (primary N) is 1. The molecule has 0 aromatic heterocycles. The van der Waals surface area contributed by atoms with E-state index in [2.05, 4.69) is 10.6 Å². The molecule has 3 atom stereocenters. The third kappa shape index (κ3) is 1.49. The van der Waals surface area contributed by atoms with E-state index in [1.807, 2.05) is 0 Å². The lowest BCUT2D eigenvalue weighted by Crippen LogP contribution is -2.51. The number of halogens is 1. The van der Waals surface area contributed by atoms with E-state index < -0.39 is 0 Å². The molecule has 3 unspecified atom stereocenters. The van der Waals surface area contributed by atoms with Crippen molar-refractivity contribution >= 4 is 5.69 Å². The first kappa shape index (κ1) is 10.1. The third-order valence-corrected chi connectivity index (χ3v) is 3.71. The Morgan fingerprint density at radius 3 is 3.12 bits per heavy atom. The van der Waals surface area contributed by atoms with Gasteiger partial charge in [0, 0.05) is 30.2 Å². The van der Waals surface area contributed by atoms with Crippen LogP contribution >= 0.6 is 0 Å². The predicted molar refractivity (Wildman–Crippen MR) is 61.7 cm³/mol. The van der Waals surface area contributed by atoms with E-state index in [0.717, 1.165) is 30.8 Å². The zero-order valence-electron chi connectivity index (χ0n) is 9.04. The van der Waals surface area contributed by atoms with Gasteiger partial charge in [0.25, 0.3) is 0 Å². The first-order chi connectivity index (χ1) is 7.75. The Morgan fingerprint density at radius 1 is 1.38 bits per heavy atom. The summed E-state index contributed by atoms with van der Waals surface area (Å²) in [5, 5.41) is 6.77. The number of fused-ring (bicyclic) bond motifs is 2. The average molecular weight is 221 g/mol. The number of anilines is 1. The zero-order chi connectivity index (χ0) is 11.1. The number of nitrogens with one attached hydrogen (secondary N) is 2. The molecule has 2 aliphatic rings. The monoisotopic (exact) mass is 221 g/mol. The minimum Gasteiger partial charge on any atom is -0.382 e. The Morgan fingerprint density at radius 2 is 2.25 bits per heavy atom. The molecule has 1 saturated heterocycles. The number of rotatable bonds is 0. The molecule has 0 spiro atoms. The molecular weight excluding hydrogens is 205 g/mol. The van der Waals surface area contributed by atoms with Crippen molar-refractivity contribution in [2.75, 3.05) is 18.4 Å². The van der Waals surface area contributed by atoms with E-state index in [0.29, 0.717) is 12.0 Å². The maximum Gasteiger partial charge on any atom is 0.125 e. The van der Waals surface area contributed by atoms with E-state index in [4.69, 9.17) is 5.73 Å². The average Bonchev–Trinajstić information content (AvgIpc) is 2.29. The van der Waals surface area contributed by atoms with Crippen molar-refractivity contribution in [2.45, 2.75) is 18.5 Å². The summed E-state index contributed by atoms with van der Waals surface area (Å²) in [5.74, 6) is 0.206. The van der Waals surface area contributed by atoms with Crippen molar-refractivity contribution in [3.8, 4) is 0 Å². The van der Waals surface area contributed by atoms with Gasteiger partial charge in [0.05, 0.1) is 0 Å². The Labute approximate surface area is 94.2 Å². The molecule has 0 bridgehead atoms. The summed E-state index contributed by atoms with van der Waals surface area (Å²) in [4.78, 5) is 0. The molecule has 3 nitrogen and oxygen atoms in total. The van der Waals surface area contributed by atoms with Crippen LogP contribution in [-0.4, -0.2) is 19.1 Å². The molecule has 4 heteroatoms. The SMILES string of the molecule is NC1c2ccc(F)cc2NC2CCNCC21. The molecule has 16 heavy (non-hydrogen) atoms. The van der Waals surface area contributed by atoms with Gasteiger partial charge in [0.2, 0.25) is 0 Å². The Balaban J connectivity index is 1.99. The normalized spacial score (nSPS) is 32.5. The Bertz CT molecular complexity index is 407. The highest BCUT2D eigenvalue weighted by Crippen LogP contribution is 2.37. The lowest BCUT2D eigenvalue weighted by molar-refractivity contribution is 0.288. The fourth-order valence-corrected chi connectivity index (χ4v) is 2.81. The van der Waals surface area contributed by atoms with Crippen LogP contribution in [0.15, 0.2) is 18.2 Å². The lowest BCUT2D eigenvalue weighted by atomic mass is 9.80. The van der Waals surface area contributed by atoms with Gasteiger partial charge in [-0.2, -0.15) is 0 Å². The summed E-state index contributed by atoms with van der Waals surface area (Å²) in [5.41, 5.74) is 8.15. The quantitative estimate of drug-likeness (QED) is 0.617. The van der Waals surface area contributed by atoms with Crippen LogP contribution in [-0.2, 0) is 0 Å². The lowest BCUT2D eigenvalue weighted by Gasteiger charge is -2.42. The van der Waals surface area contributed by atoms with Crippen LogP contribution in [0.25, 0.3) is 0 Å². The van der Waals surface area contributed by atoms with E-state index in [1.54, 1.807) is 12.1 Å². The molecule has 86 valence electrons. The molecule has 2 heterocycles. The highest BCUT2D eigenvalue weighted by Gasteiger charge is 2.35. The van der Waals surface area contributed by atoms with Crippen LogP contribution in [0.4, 0.5) is 10.1 Å². The molecule has 0 aliphatic carbocycles. The van der Waals surface area contributed by atoms with Gasteiger partial charge in [0.1, 0.15) is 5.82 Å². The summed E-state index contributed by atoms with van der Waals surface area (Å²) >= 11 is 0. The molecule has 1 aromatic rings. The number of piperidine rings is 1. The van der Waals surface area contributed by atoms with E-state index in [-0.39, 0.29) is 11.9 Å². The number of benzene rings is 1. The molecule has 2 aliphatic heterocycles. The summed E-state index contributed by atoms with van der Waals surface area (Å²) in [6, 6.07) is 5.22. The van der Waals surface area contributed by atoms with Crippen LogP contribution in [0.3, 0.4) is 0 Å². The van der Waals surface area contributed by atoms with Crippen molar-refractivity contribution in [1.82, 2.24) is 5.32 Å². The van der Waals surface area contributed by atoms with Gasteiger partial charge in [0.15, 0.2) is 0 Å². The van der Waals surface area contributed by atoms with Crippen molar-refractivity contribution in [3.05, 3.63) is 29.6 Å². The first-order valence-corrected chi connectivity index (χ1v) is 5.78. The second-order valence-electron chi connectivity index (χ2n) is 4.66. The van der Waals surface area contributed by atoms with Gasteiger partial charge >= 0.3 is 0 Å². The van der Waals surface area contributed by atoms with Gasteiger partial charge in [-0.1, -0.05) is 6.07 Å². The second kappa shape index (κ2) is 3.71. The maximum absolute atomic E-state index is 13.2. The zero-order valence-corrected chi connectivity index (χ0v) is 9.04. The third-order valence-electron chi connectivity index (χ3n) is 3.71. The Hall–Kier alpha value is -1.13. The Kier molecular flexibility index (Phi) is 2.33. The van der Waals surface area contributed by atoms with Crippen LogP contribution in [0.2, 0.25) is 0 Å². The summed E-state index contributed by atoms with van der Waals surface area (Å²) < 4.78 is 13.2. The van der Waals surface area contributed by atoms with Crippen molar-refractivity contribution in [1.29, 1.82) is 0 Å². The largest absolute Gasteiger partial charge is 0.382 e. The molecular formula is C12H16FN3. The van der Waals surface area contributed by atoms with Gasteiger partial charge in [-0.3, -0.25) is 0 Å². The van der Waals surface area contributed by atoms with Crippen molar-refractivity contribution in [3.63, 3.8) is 0 Å². The van der Waals surface area contributed by atoms with Gasteiger partial charge in [-0.25, -0.2) is 4.39 Å². The minimum atomic E-state index is -0.203. The van der Waals surface area contributed by atoms with E-state index >= 15 is 0 Å². The van der Waals surface area contributed by atoms with E-state index in [1.165, 1.54) is 6.07 Å². The minimum absolute atomic E-state index is 0.00894. The number of hydrogen-bond acceptors (Lipinski definition) is 3. The predicted octanol–water partition coefficient (Wildman–Crippen LogP) is 1.23. The summed E-state index contributed by atoms with van der Waals surface area (Å²) in [6.45, 7) is 1.95. The topological polar surface area (TPSA) is 50.1 Å². The molecule has 0 radical (unpaired) electrons. The molecule has 0 saturated carbocycles. The molecule has 1 aromatic carbocycles. The standard InChI is InChI=1S/C12H16FN3/c13-7-1-2-8-11(5-7)16-10-3-4-15-6-9(10)12(8)14/h1-2,5,9-10,12,15-16H,3-4,6,14H2. The smallest absolute Gasteiger partial charge is 0.125 e. The highest BCUT2D eigenvalue weighted by atomic mass is 19.1. The van der Waals surface area contributed by atoms with Crippen molar-refractivity contribution < 1.29 is 4.39 Å². The van der Waals surface area contributed by atoms with Gasteiger partial charge in [-0.05, 0) is 30.7 Å². The number of hydrogen-bond donors (Lipinski definition) is 3. The second-order valence-corrected chi connectivity index (χ2v) is 4.66. The molecule has 3 rings (SSSR count). The van der Waals surface area contributed by atoms with Gasteiger partial charge in [-0.15, -0.1) is 0 Å². The molecule has 4 N–H and O–H groups in total. The van der Waals surface area contributed by atoms with E-state index in [9.17, 15) is 4.39 Å². The first-order valence-electron chi connectivity index (χ1n) is 5.78. The van der Waals surface area contributed by atoms with Crippen LogP contribution in [0.1, 0.15) is 18.0 Å².